The molecule has 1 atom stereocenters. The molecule has 0 spiro atoms. The van der Waals surface area contributed by atoms with Crippen LogP contribution in [0.15, 0.2) is 35.9 Å². The molecule has 0 N–H and O–H groups in total. The zero-order valence-corrected chi connectivity index (χ0v) is 19.4. The van der Waals surface area contributed by atoms with Crippen LogP contribution in [-0.4, -0.2) is 0 Å². The van der Waals surface area contributed by atoms with Crippen molar-refractivity contribution in [3.8, 4) is 0 Å². The molecule has 3 rings (SSSR count). The van der Waals surface area contributed by atoms with Crippen LogP contribution < -0.4 is 0 Å². The third-order valence-electron chi connectivity index (χ3n) is 7.84. The van der Waals surface area contributed by atoms with Crippen molar-refractivity contribution < 1.29 is 0 Å². The summed E-state index contributed by atoms with van der Waals surface area (Å²) in [6, 6.07) is 9.44. The second-order valence-corrected chi connectivity index (χ2v) is 10.2. The molecule has 29 heavy (non-hydrogen) atoms. The summed E-state index contributed by atoms with van der Waals surface area (Å²) >= 11 is 0. The summed E-state index contributed by atoms with van der Waals surface area (Å²) in [5.41, 5.74) is 4.76. The van der Waals surface area contributed by atoms with E-state index >= 15 is 0 Å². The van der Waals surface area contributed by atoms with Crippen LogP contribution in [0.2, 0.25) is 0 Å². The van der Waals surface area contributed by atoms with Gasteiger partial charge >= 0.3 is 0 Å². The van der Waals surface area contributed by atoms with Crippen LogP contribution in [0.5, 0.6) is 0 Å². The molecule has 162 valence electrons. The Labute approximate surface area is 181 Å². The minimum Gasteiger partial charge on any atom is -0.0850 e. The van der Waals surface area contributed by atoms with E-state index in [-0.39, 0.29) is 0 Å². The molecule has 2 aliphatic rings. The van der Waals surface area contributed by atoms with Crippen molar-refractivity contribution in [2.75, 3.05) is 0 Å². The number of hydrogen-bond donors (Lipinski definition) is 0. The SMILES string of the molecule is CCCCc1ccc(CCC2=CCC(CCC3CCC(CCC)CC3)CC2)cc1. The minimum absolute atomic E-state index is 0.977. The number of rotatable bonds is 11. The van der Waals surface area contributed by atoms with Gasteiger partial charge in [-0.25, -0.2) is 0 Å². The molecule has 0 nitrogen and oxygen atoms in total. The number of unbranched alkanes of at least 4 members (excludes halogenated alkanes) is 1. The fraction of sp³-hybridized carbons (Fsp3) is 0.724. The molecule has 0 amide bonds. The molecule has 0 bridgehead atoms. The molecular formula is C29H46. The van der Waals surface area contributed by atoms with Crippen LogP contribution in [0.4, 0.5) is 0 Å². The van der Waals surface area contributed by atoms with E-state index in [1.54, 1.807) is 5.57 Å². The van der Waals surface area contributed by atoms with Crippen LogP contribution in [0, 0.1) is 17.8 Å². The van der Waals surface area contributed by atoms with Crippen LogP contribution in [0.1, 0.15) is 115 Å². The zero-order valence-electron chi connectivity index (χ0n) is 19.4. The van der Waals surface area contributed by atoms with Gasteiger partial charge in [0.05, 0.1) is 0 Å². The predicted octanol–water partition coefficient (Wildman–Crippen LogP) is 9.08. The van der Waals surface area contributed by atoms with Gasteiger partial charge in [0.15, 0.2) is 0 Å². The van der Waals surface area contributed by atoms with Crippen molar-refractivity contribution in [2.24, 2.45) is 17.8 Å². The summed E-state index contributed by atoms with van der Waals surface area (Å²) in [6.07, 6.45) is 25.1. The van der Waals surface area contributed by atoms with Crippen molar-refractivity contribution in [1.29, 1.82) is 0 Å². The van der Waals surface area contributed by atoms with Crippen LogP contribution in [-0.2, 0) is 12.8 Å². The number of hydrogen-bond acceptors (Lipinski definition) is 0. The Balaban J connectivity index is 1.31. The fourth-order valence-corrected chi connectivity index (χ4v) is 5.68. The Morgan fingerprint density at radius 1 is 0.655 bits per heavy atom. The average Bonchev–Trinajstić information content (AvgIpc) is 2.77. The Morgan fingerprint density at radius 2 is 1.28 bits per heavy atom. The molecule has 0 heteroatoms. The van der Waals surface area contributed by atoms with Crippen LogP contribution in [0.3, 0.4) is 0 Å². The predicted molar refractivity (Wildman–Crippen MR) is 128 cm³/mol. The van der Waals surface area contributed by atoms with E-state index < -0.39 is 0 Å². The molecule has 1 saturated carbocycles. The Kier molecular flexibility index (Phi) is 9.84. The van der Waals surface area contributed by atoms with Crippen molar-refractivity contribution in [3.05, 3.63) is 47.0 Å². The highest BCUT2D eigenvalue weighted by Gasteiger charge is 2.22. The van der Waals surface area contributed by atoms with Crippen molar-refractivity contribution in [2.45, 2.75) is 117 Å². The summed E-state index contributed by atoms with van der Waals surface area (Å²) < 4.78 is 0. The highest BCUT2D eigenvalue weighted by Crippen LogP contribution is 2.36. The van der Waals surface area contributed by atoms with E-state index in [0.29, 0.717) is 0 Å². The first kappa shape index (κ1) is 22.6. The number of benzene rings is 1. The van der Waals surface area contributed by atoms with E-state index in [4.69, 9.17) is 0 Å². The lowest BCUT2D eigenvalue weighted by molar-refractivity contribution is 0.236. The van der Waals surface area contributed by atoms with Crippen LogP contribution >= 0.6 is 0 Å². The van der Waals surface area contributed by atoms with Gasteiger partial charge in [0.25, 0.3) is 0 Å². The second-order valence-electron chi connectivity index (χ2n) is 10.2. The molecule has 1 fully saturated rings. The number of aryl methyl sites for hydroxylation is 2. The van der Waals surface area contributed by atoms with E-state index in [1.165, 1.54) is 114 Å². The highest BCUT2D eigenvalue weighted by atomic mass is 14.3. The van der Waals surface area contributed by atoms with Gasteiger partial charge < -0.3 is 0 Å². The first-order valence-electron chi connectivity index (χ1n) is 13.0. The molecule has 1 aromatic carbocycles. The quantitative estimate of drug-likeness (QED) is 0.328. The molecule has 0 saturated heterocycles. The van der Waals surface area contributed by atoms with Gasteiger partial charge in [-0.05, 0) is 80.2 Å². The normalized spacial score (nSPS) is 25.0. The lowest BCUT2D eigenvalue weighted by Gasteiger charge is -2.30. The lowest BCUT2D eigenvalue weighted by Crippen LogP contribution is -2.16. The minimum atomic E-state index is 0.977. The summed E-state index contributed by atoms with van der Waals surface area (Å²) in [5.74, 6) is 3.09. The molecule has 2 aliphatic carbocycles. The van der Waals surface area contributed by atoms with Crippen molar-refractivity contribution in [1.82, 2.24) is 0 Å². The summed E-state index contributed by atoms with van der Waals surface area (Å²) in [4.78, 5) is 0. The second kappa shape index (κ2) is 12.6. The van der Waals surface area contributed by atoms with Gasteiger partial charge in [-0.2, -0.15) is 0 Å². The summed E-state index contributed by atoms with van der Waals surface area (Å²) in [6.45, 7) is 4.62. The zero-order chi connectivity index (χ0) is 20.3. The largest absolute Gasteiger partial charge is 0.0850 e. The molecule has 0 aromatic heterocycles. The van der Waals surface area contributed by atoms with Gasteiger partial charge in [0.2, 0.25) is 0 Å². The van der Waals surface area contributed by atoms with Crippen molar-refractivity contribution in [3.63, 3.8) is 0 Å². The van der Waals surface area contributed by atoms with Gasteiger partial charge in [-0.3, -0.25) is 0 Å². The number of allylic oxidation sites excluding steroid dienone is 2. The molecular weight excluding hydrogens is 348 g/mol. The molecule has 1 unspecified atom stereocenters. The monoisotopic (exact) mass is 394 g/mol. The molecule has 0 heterocycles. The molecule has 0 radical (unpaired) electrons. The van der Waals surface area contributed by atoms with Crippen LogP contribution in [0.25, 0.3) is 0 Å². The first-order valence-corrected chi connectivity index (χ1v) is 13.0. The Bertz CT molecular complexity index is 585. The Morgan fingerprint density at radius 3 is 1.86 bits per heavy atom. The maximum absolute atomic E-state index is 2.61. The van der Waals surface area contributed by atoms with E-state index in [0.717, 1.165) is 17.8 Å². The smallest absolute Gasteiger partial charge is 0.0241 e. The molecule has 0 aliphatic heterocycles. The van der Waals surface area contributed by atoms with Gasteiger partial charge in [-0.1, -0.05) is 101 Å². The third kappa shape index (κ3) is 7.95. The first-order chi connectivity index (χ1) is 14.3. The highest BCUT2D eigenvalue weighted by molar-refractivity contribution is 5.23. The maximum atomic E-state index is 2.61. The third-order valence-corrected chi connectivity index (χ3v) is 7.84. The summed E-state index contributed by atoms with van der Waals surface area (Å²) in [5, 5.41) is 0. The molecule has 1 aromatic rings. The Hall–Kier alpha value is -1.04. The van der Waals surface area contributed by atoms with Gasteiger partial charge in [0, 0.05) is 0 Å². The fourth-order valence-electron chi connectivity index (χ4n) is 5.68. The van der Waals surface area contributed by atoms with Gasteiger partial charge in [0.1, 0.15) is 0 Å². The van der Waals surface area contributed by atoms with E-state index in [2.05, 4.69) is 44.2 Å². The van der Waals surface area contributed by atoms with Crippen molar-refractivity contribution >= 4 is 0 Å². The summed E-state index contributed by atoms with van der Waals surface area (Å²) in [7, 11) is 0. The maximum Gasteiger partial charge on any atom is -0.0241 e. The lowest BCUT2D eigenvalue weighted by atomic mass is 9.76. The average molecular weight is 395 g/mol. The van der Waals surface area contributed by atoms with E-state index in [9.17, 15) is 0 Å². The van der Waals surface area contributed by atoms with E-state index in [1.807, 2.05) is 0 Å². The standard InChI is InChI=1S/C29H46/c1-3-5-7-25-10-14-27(15-11-25)17-19-29-22-20-28(21-23-29)18-16-26-12-8-24(6-4-2)9-13-26/h10-11,14-15,22,24,26,28H,3-9,12-13,16-21,23H2,1-2H3. The topological polar surface area (TPSA) is 0 Å². The van der Waals surface area contributed by atoms with Gasteiger partial charge in [-0.15, -0.1) is 0 Å².